The molecule has 1 aliphatic heterocycles. The molecule has 0 spiro atoms. The van der Waals surface area contributed by atoms with Crippen molar-refractivity contribution in [1.82, 2.24) is 4.90 Å². The van der Waals surface area contributed by atoms with Crippen LogP contribution in [0.15, 0.2) is 73.9 Å². The van der Waals surface area contributed by atoms with Crippen molar-refractivity contribution < 1.29 is 19.1 Å². The highest BCUT2D eigenvalue weighted by Crippen LogP contribution is 2.36. The Kier molecular flexibility index (Phi) is 5.25. The van der Waals surface area contributed by atoms with Crippen LogP contribution in [-0.2, 0) is 9.59 Å². The van der Waals surface area contributed by atoms with Crippen molar-refractivity contribution in [2.75, 3.05) is 6.54 Å². The first-order valence-electron chi connectivity index (χ1n) is 8.24. The number of aliphatic carboxylic acids is 1. The Morgan fingerprint density at radius 3 is 2.79 bits per heavy atom. The van der Waals surface area contributed by atoms with Crippen molar-refractivity contribution >= 4 is 68.8 Å². The van der Waals surface area contributed by atoms with Crippen LogP contribution in [-0.4, -0.2) is 32.7 Å². The SMILES string of the molecule is O=C(O)CN1C(=O)/C(=C/c2ccc(Sc3cccc4ccccc34)o2)SC1=S. The maximum Gasteiger partial charge on any atom is 0.323 e. The number of rotatable bonds is 5. The Hall–Kier alpha value is -2.55. The molecule has 2 heterocycles. The van der Waals surface area contributed by atoms with Gasteiger partial charge < -0.3 is 9.52 Å². The molecular weight excluding hydrogens is 414 g/mol. The molecule has 5 nitrogen and oxygen atoms in total. The predicted octanol–water partition coefficient (Wildman–Crippen LogP) is 4.87. The normalized spacial score (nSPS) is 15.7. The van der Waals surface area contributed by atoms with E-state index in [0.717, 1.165) is 32.3 Å². The number of nitrogens with zero attached hydrogens (tertiary/aromatic N) is 1. The standard InChI is InChI=1S/C20H13NO4S3/c22-17(23)11-21-19(24)16(28-20(21)26)10-13-8-9-18(25-13)27-15-7-3-5-12-4-1-2-6-14(12)15/h1-10H,11H2,(H,22,23)/b16-10-. The molecule has 2 aromatic carbocycles. The second kappa shape index (κ2) is 7.83. The molecule has 0 unspecified atom stereocenters. The molecule has 1 aromatic heterocycles. The summed E-state index contributed by atoms with van der Waals surface area (Å²) in [7, 11) is 0. The fourth-order valence-electron chi connectivity index (χ4n) is 2.76. The summed E-state index contributed by atoms with van der Waals surface area (Å²) in [4.78, 5) is 25.7. The van der Waals surface area contributed by atoms with Gasteiger partial charge >= 0.3 is 5.97 Å². The lowest BCUT2D eigenvalue weighted by molar-refractivity contribution is -0.140. The summed E-state index contributed by atoms with van der Waals surface area (Å²) >= 11 is 7.67. The molecule has 0 radical (unpaired) electrons. The average Bonchev–Trinajstić information content (AvgIpc) is 3.21. The molecule has 4 rings (SSSR count). The van der Waals surface area contributed by atoms with Gasteiger partial charge in [0.25, 0.3) is 5.91 Å². The highest BCUT2D eigenvalue weighted by molar-refractivity contribution is 8.26. The monoisotopic (exact) mass is 427 g/mol. The van der Waals surface area contributed by atoms with E-state index in [9.17, 15) is 9.59 Å². The minimum atomic E-state index is -1.11. The number of amides is 1. The molecule has 0 bridgehead atoms. The first-order chi connectivity index (χ1) is 13.5. The van der Waals surface area contributed by atoms with E-state index in [1.165, 1.54) is 11.8 Å². The molecule has 0 atom stereocenters. The highest BCUT2D eigenvalue weighted by Gasteiger charge is 2.33. The van der Waals surface area contributed by atoms with Crippen LogP contribution in [0.3, 0.4) is 0 Å². The number of carbonyl (C=O) groups excluding carboxylic acids is 1. The smallest absolute Gasteiger partial charge is 0.323 e. The van der Waals surface area contributed by atoms with Crippen LogP contribution in [0.25, 0.3) is 16.8 Å². The minimum absolute atomic E-state index is 0.232. The summed E-state index contributed by atoms with van der Waals surface area (Å²) in [6, 6.07) is 17.8. The van der Waals surface area contributed by atoms with E-state index in [-0.39, 0.29) is 4.32 Å². The number of hydrogen-bond donors (Lipinski definition) is 1. The Bertz CT molecular complexity index is 1130. The van der Waals surface area contributed by atoms with Crippen molar-refractivity contribution in [2.24, 2.45) is 0 Å². The van der Waals surface area contributed by atoms with E-state index < -0.39 is 18.4 Å². The van der Waals surface area contributed by atoms with E-state index in [1.807, 2.05) is 30.3 Å². The molecular formula is C20H13NO4S3. The van der Waals surface area contributed by atoms with Crippen LogP contribution in [0.4, 0.5) is 0 Å². The summed E-state index contributed by atoms with van der Waals surface area (Å²) in [6.07, 6.45) is 1.59. The lowest BCUT2D eigenvalue weighted by Gasteiger charge is -2.09. The summed E-state index contributed by atoms with van der Waals surface area (Å²) in [5, 5.41) is 11.9. The fourth-order valence-corrected chi connectivity index (χ4v) is 4.93. The second-order valence-corrected chi connectivity index (χ2v) is 8.62. The lowest BCUT2D eigenvalue weighted by Crippen LogP contribution is -2.33. The summed E-state index contributed by atoms with van der Waals surface area (Å²) in [6.45, 7) is -0.442. The van der Waals surface area contributed by atoms with Gasteiger partial charge in [0, 0.05) is 11.0 Å². The predicted molar refractivity (Wildman–Crippen MR) is 114 cm³/mol. The van der Waals surface area contributed by atoms with Gasteiger partial charge in [0.1, 0.15) is 16.6 Å². The molecule has 0 aliphatic carbocycles. The van der Waals surface area contributed by atoms with Gasteiger partial charge in [0.2, 0.25) is 0 Å². The summed E-state index contributed by atoms with van der Waals surface area (Å²) < 4.78 is 6.07. The fraction of sp³-hybridized carbons (Fsp3) is 0.0500. The number of thiocarbonyl (C=S) groups is 1. The first kappa shape index (κ1) is 18.8. The molecule has 1 N–H and O–H groups in total. The van der Waals surface area contributed by atoms with Gasteiger partial charge in [0.05, 0.1) is 4.91 Å². The van der Waals surface area contributed by atoms with Gasteiger partial charge in [-0.05, 0) is 29.0 Å². The van der Waals surface area contributed by atoms with E-state index in [1.54, 1.807) is 12.1 Å². The van der Waals surface area contributed by atoms with E-state index in [0.29, 0.717) is 15.8 Å². The summed E-state index contributed by atoms with van der Waals surface area (Å²) in [5.41, 5.74) is 0. The van der Waals surface area contributed by atoms with Crippen LogP contribution < -0.4 is 0 Å². The summed E-state index contributed by atoms with van der Waals surface area (Å²) in [5.74, 6) is -1.01. The molecule has 1 fully saturated rings. The number of benzene rings is 2. The third-order valence-corrected chi connectivity index (χ3v) is 6.38. The number of carbonyl (C=O) groups is 2. The third kappa shape index (κ3) is 3.84. The number of carboxylic acids is 1. The van der Waals surface area contributed by atoms with E-state index >= 15 is 0 Å². The molecule has 1 amide bonds. The number of furan rings is 1. The van der Waals surface area contributed by atoms with E-state index in [4.69, 9.17) is 21.7 Å². The zero-order chi connectivity index (χ0) is 19.7. The molecule has 28 heavy (non-hydrogen) atoms. The van der Waals surface area contributed by atoms with Crippen LogP contribution in [0.5, 0.6) is 0 Å². The Morgan fingerprint density at radius 1 is 1.18 bits per heavy atom. The van der Waals surface area contributed by atoms with Crippen molar-refractivity contribution in [3.63, 3.8) is 0 Å². The second-order valence-electron chi connectivity index (χ2n) is 5.90. The lowest BCUT2D eigenvalue weighted by atomic mass is 10.1. The van der Waals surface area contributed by atoms with Gasteiger partial charge in [0.15, 0.2) is 5.09 Å². The zero-order valence-electron chi connectivity index (χ0n) is 14.3. The topological polar surface area (TPSA) is 70.8 Å². The zero-order valence-corrected chi connectivity index (χ0v) is 16.8. The third-order valence-electron chi connectivity index (χ3n) is 4.00. The van der Waals surface area contributed by atoms with Gasteiger partial charge in [-0.1, -0.05) is 72.1 Å². The maximum atomic E-state index is 12.3. The van der Waals surface area contributed by atoms with Gasteiger partial charge in [-0.15, -0.1) is 0 Å². The van der Waals surface area contributed by atoms with Crippen molar-refractivity contribution in [3.8, 4) is 0 Å². The minimum Gasteiger partial charge on any atom is -0.480 e. The molecule has 1 saturated heterocycles. The Balaban J connectivity index is 1.55. The van der Waals surface area contributed by atoms with Gasteiger partial charge in [-0.2, -0.15) is 0 Å². The molecule has 8 heteroatoms. The van der Waals surface area contributed by atoms with Gasteiger partial charge in [-0.25, -0.2) is 0 Å². The number of fused-ring (bicyclic) bond motifs is 1. The number of thioether (sulfide) groups is 1. The van der Waals surface area contributed by atoms with E-state index in [2.05, 4.69) is 18.2 Å². The first-order valence-corrected chi connectivity index (χ1v) is 10.3. The molecule has 3 aromatic rings. The Labute approximate surface area is 174 Å². The maximum absolute atomic E-state index is 12.3. The number of carboxylic acid groups (broad SMARTS) is 1. The van der Waals surface area contributed by atoms with Crippen LogP contribution in [0.1, 0.15) is 5.76 Å². The van der Waals surface area contributed by atoms with Crippen molar-refractivity contribution in [3.05, 3.63) is 65.3 Å². The largest absolute Gasteiger partial charge is 0.480 e. The quantitative estimate of drug-likeness (QED) is 0.460. The van der Waals surface area contributed by atoms with Crippen molar-refractivity contribution in [1.29, 1.82) is 0 Å². The number of hydrogen-bond acceptors (Lipinski definition) is 6. The Morgan fingerprint density at radius 2 is 1.96 bits per heavy atom. The van der Waals surface area contributed by atoms with Crippen LogP contribution in [0.2, 0.25) is 0 Å². The van der Waals surface area contributed by atoms with Gasteiger partial charge in [-0.3, -0.25) is 14.5 Å². The molecule has 1 aliphatic rings. The van der Waals surface area contributed by atoms with Crippen LogP contribution >= 0.6 is 35.7 Å². The molecule has 0 saturated carbocycles. The average molecular weight is 428 g/mol. The van der Waals surface area contributed by atoms with Crippen molar-refractivity contribution in [2.45, 2.75) is 9.99 Å². The highest BCUT2D eigenvalue weighted by atomic mass is 32.2. The van der Waals surface area contributed by atoms with Crippen LogP contribution in [0, 0.1) is 0 Å². The molecule has 140 valence electrons.